The normalized spacial score (nSPS) is 10.6. The molecule has 0 aliphatic rings. The van der Waals surface area contributed by atoms with E-state index in [1.54, 1.807) is 19.9 Å². The fourth-order valence-electron chi connectivity index (χ4n) is 2.20. The highest BCUT2D eigenvalue weighted by atomic mass is 16.6. The van der Waals surface area contributed by atoms with Crippen molar-refractivity contribution in [3.05, 3.63) is 69.3 Å². The van der Waals surface area contributed by atoms with Gasteiger partial charge in [-0.05, 0) is 30.2 Å². The van der Waals surface area contributed by atoms with Crippen molar-refractivity contribution in [3.63, 3.8) is 0 Å². The molecule has 0 N–H and O–H groups in total. The summed E-state index contributed by atoms with van der Waals surface area (Å²) in [5.41, 5.74) is 2.16. The van der Waals surface area contributed by atoms with Crippen LogP contribution in [0.4, 0.5) is 5.69 Å². The molecule has 5 nitrogen and oxygen atoms in total. The molecule has 0 spiro atoms. The van der Waals surface area contributed by atoms with E-state index in [0.717, 1.165) is 11.1 Å². The van der Waals surface area contributed by atoms with Crippen LogP contribution in [0.2, 0.25) is 0 Å². The van der Waals surface area contributed by atoms with Crippen LogP contribution in [0.5, 0.6) is 5.75 Å². The van der Waals surface area contributed by atoms with Crippen molar-refractivity contribution in [2.45, 2.75) is 27.4 Å². The number of carbonyl (C=O) groups excluding carboxylic acids is 1. The van der Waals surface area contributed by atoms with Crippen LogP contribution in [0, 0.1) is 23.0 Å². The summed E-state index contributed by atoms with van der Waals surface area (Å²) < 4.78 is 5.61. The smallest absolute Gasteiger partial charge is 0.311 e. The zero-order chi connectivity index (χ0) is 17.0. The maximum atomic E-state index is 12.0. The predicted octanol–water partition coefficient (Wildman–Crippen LogP) is 4.32. The van der Waals surface area contributed by atoms with E-state index in [-0.39, 0.29) is 29.7 Å². The summed E-state index contributed by atoms with van der Waals surface area (Å²) in [4.78, 5) is 22.7. The molecule has 0 aliphatic carbocycles. The van der Waals surface area contributed by atoms with E-state index in [0.29, 0.717) is 5.56 Å². The SMILES string of the molecule is Cc1ccccc1COc1ccc(C(=O)C(C)C)cc1[N+](=O)[O-]. The van der Waals surface area contributed by atoms with Gasteiger partial charge in [-0.1, -0.05) is 38.1 Å². The molecule has 0 aromatic heterocycles. The van der Waals surface area contributed by atoms with Crippen LogP contribution in [0.3, 0.4) is 0 Å². The number of hydrogen-bond acceptors (Lipinski definition) is 4. The molecule has 0 fully saturated rings. The van der Waals surface area contributed by atoms with Gasteiger partial charge in [-0.3, -0.25) is 14.9 Å². The van der Waals surface area contributed by atoms with Crippen LogP contribution in [-0.2, 0) is 6.61 Å². The molecule has 0 radical (unpaired) electrons. The van der Waals surface area contributed by atoms with Crippen molar-refractivity contribution >= 4 is 11.5 Å². The second-order valence-electron chi connectivity index (χ2n) is 5.67. The number of Topliss-reactive ketones (excluding diaryl/α,β-unsaturated/α-hetero) is 1. The second-order valence-corrected chi connectivity index (χ2v) is 5.67. The summed E-state index contributed by atoms with van der Waals surface area (Å²) >= 11 is 0. The fourth-order valence-corrected chi connectivity index (χ4v) is 2.20. The third-order valence-electron chi connectivity index (χ3n) is 3.61. The number of nitro benzene ring substituents is 1. The molecular weight excluding hydrogens is 294 g/mol. The minimum Gasteiger partial charge on any atom is -0.482 e. The van der Waals surface area contributed by atoms with Crippen molar-refractivity contribution < 1.29 is 14.5 Å². The van der Waals surface area contributed by atoms with Gasteiger partial charge >= 0.3 is 5.69 Å². The van der Waals surface area contributed by atoms with Gasteiger partial charge in [0, 0.05) is 17.5 Å². The minimum atomic E-state index is -0.524. The largest absolute Gasteiger partial charge is 0.482 e. The van der Waals surface area contributed by atoms with E-state index < -0.39 is 4.92 Å². The maximum Gasteiger partial charge on any atom is 0.311 e. The number of ether oxygens (including phenoxy) is 1. The Balaban J connectivity index is 2.26. The van der Waals surface area contributed by atoms with Gasteiger partial charge in [0.15, 0.2) is 11.5 Å². The molecule has 0 amide bonds. The number of rotatable bonds is 6. The predicted molar refractivity (Wildman–Crippen MR) is 87.8 cm³/mol. The molecule has 2 aromatic carbocycles. The maximum absolute atomic E-state index is 12.0. The van der Waals surface area contributed by atoms with E-state index >= 15 is 0 Å². The van der Waals surface area contributed by atoms with E-state index in [1.807, 2.05) is 31.2 Å². The highest BCUT2D eigenvalue weighted by Crippen LogP contribution is 2.29. The lowest BCUT2D eigenvalue weighted by Gasteiger charge is -2.10. The number of hydrogen-bond donors (Lipinski definition) is 0. The number of benzene rings is 2. The van der Waals surface area contributed by atoms with Crippen LogP contribution in [0.15, 0.2) is 42.5 Å². The van der Waals surface area contributed by atoms with Gasteiger partial charge in [0.05, 0.1) is 4.92 Å². The Morgan fingerprint density at radius 3 is 2.52 bits per heavy atom. The molecular formula is C18H19NO4. The molecule has 0 unspecified atom stereocenters. The van der Waals surface area contributed by atoms with E-state index in [1.165, 1.54) is 12.1 Å². The average Bonchev–Trinajstić information content (AvgIpc) is 2.53. The van der Waals surface area contributed by atoms with Crippen molar-refractivity contribution in [2.75, 3.05) is 0 Å². The first-order valence-electron chi connectivity index (χ1n) is 7.40. The Labute approximate surface area is 135 Å². The standard InChI is InChI=1S/C18H19NO4/c1-12(2)18(20)14-8-9-17(16(10-14)19(21)22)23-11-15-7-5-4-6-13(15)3/h4-10,12H,11H2,1-3H3. The molecule has 0 heterocycles. The summed E-state index contributed by atoms with van der Waals surface area (Å²) in [7, 11) is 0. The molecule has 0 saturated heterocycles. The zero-order valence-electron chi connectivity index (χ0n) is 13.4. The van der Waals surface area contributed by atoms with Gasteiger partial charge in [-0.15, -0.1) is 0 Å². The summed E-state index contributed by atoms with van der Waals surface area (Å²) in [6.07, 6.45) is 0. The highest BCUT2D eigenvalue weighted by Gasteiger charge is 2.20. The molecule has 0 saturated carbocycles. The lowest BCUT2D eigenvalue weighted by Crippen LogP contribution is -2.08. The summed E-state index contributed by atoms with van der Waals surface area (Å²) in [6, 6.07) is 12.0. The lowest BCUT2D eigenvalue weighted by molar-refractivity contribution is -0.386. The van der Waals surface area contributed by atoms with Gasteiger partial charge < -0.3 is 4.74 Å². The van der Waals surface area contributed by atoms with Crippen molar-refractivity contribution in [3.8, 4) is 5.75 Å². The third-order valence-corrected chi connectivity index (χ3v) is 3.61. The number of carbonyl (C=O) groups is 1. The summed E-state index contributed by atoms with van der Waals surface area (Å²) in [5, 5.41) is 11.3. The van der Waals surface area contributed by atoms with Gasteiger partial charge in [-0.25, -0.2) is 0 Å². The Kier molecular flexibility index (Phi) is 5.11. The van der Waals surface area contributed by atoms with Crippen LogP contribution in [-0.4, -0.2) is 10.7 Å². The number of nitro groups is 1. The van der Waals surface area contributed by atoms with Crippen molar-refractivity contribution in [2.24, 2.45) is 5.92 Å². The quantitative estimate of drug-likeness (QED) is 0.452. The first-order chi connectivity index (χ1) is 10.9. The zero-order valence-corrected chi connectivity index (χ0v) is 13.4. The molecule has 0 bridgehead atoms. The Morgan fingerprint density at radius 2 is 1.91 bits per heavy atom. The van der Waals surface area contributed by atoms with Gasteiger partial charge in [-0.2, -0.15) is 0 Å². The van der Waals surface area contributed by atoms with Crippen LogP contribution in [0.25, 0.3) is 0 Å². The van der Waals surface area contributed by atoms with Gasteiger partial charge in [0.1, 0.15) is 6.61 Å². The van der Waals surface area contributed by atoms with Gasteiger partial charge in [0.25, 0.3) is 0 Å². The first-order valence-corrected chi connectivity index (χ1v) is 7.40. The molecule has 120 valence electrons. The molecule has 23 heavy (non-hydrogen) atoms. The molecule has 5 heteroatoms. The number of nitrogens with zero attached hydrogens (tertiary/aromatic N) is 1. The summed E-state index contributed by atoms with van der Waals surface area (Å²) in [6.45, 7) is 5.72. The Morgan fingerprint density at radius 1 is 1.22 bits per heavy atom. The van der Waals surface area contributed by atoms with E-state index in [2.05, 4.69) is 0 Å². The van der Waals surface area contributed by atoms with Crippen LogP contribution in [0.1, 0.15) is 35.3 Å². The topological polar surface area (TPSA) is 69.4 Å². The minimum absolute atomic E-state index is 0.126. The molecule has 2 rings (SSSR count). The lowest BCUT2D eigenvalue weighted by atomic mass is 10.0. The van der Waals surface area contributed by atoms with E-state index in [9.17, 15) is 14.9 Å². The highest BCUT2D eigenvalue weighted by molar-refractivity contribution is 5.98. The monoisotopic (exact) mass is 313 g/mol. The second kappa shape index (κ2) is 7.05. The molecule has 2 aromatic rings. The first kappa shape index (κ1) is 16.7. The van der Waals surface area contributed by atoms with Crippen LogP contribution < -0.4 is 4.74 Å². The fraction of sp³-hybridized carbons (Fsp3) is 0.278. The molecule has 0 atom stereocenters. The Hall–Kier alpha value is -2.69. The van der Waals surface area contributed by atoms with E-state index in [4.69, 9.17) is 4.74 Å². The Bertz CT molecular complexity index is 738. The van der Waals surface area contributed by atoms with Gasteiger partial charge in [0.2, 0.25) is 0 Å². The summed E-state index contributed by atoms with van der Waals surface area (Å²) in [5.74, 6) is -0.176. The average molecular weight is 313 g/mol. The number of aryl methyl sites for hydroxylation is 1. The van der Waals surface area contributed by atoms with Crippen molar-refractivity contribution in [1.82, 2.24) is 0 Å². The van der Waals surface area contributed by atoms with Crippen LogP contribution >= 0.6 is 0 Å². The van der Waals surface area contributed by atoms with Crippen molar-refractivity contribution in [1.29, 1.82) is 0 Å². The number of ketones is 1. The molecule has 0 aliphatic heterocycles. The third kappa shape index (κ3) is 3.94.